The molecule has 0 saturated carbocycles. The normalized spacial score (nSPS) is 17.1. The largest absolute Gasteiger partial charge is 0.494 e. The minimum Gasteiger partial charge on any atom is -0.494 e. The van der Waals surface area contributed by atoms with E-state index in [-0.39, 0.29) is 23.4 Å². The minimum absolute atomic E-state index is 0.0330. The zero-order chi connectivity index (χ0) is 22.9. The number of esters is 1. The number of ether oxygens (including phenoxy) is 2. The zero-order valence-electron chi connectivity index (χ0n) is 17.5. The lowest BCUT2D eigenvalue weighted by Gasteiger charge is -2.21. The average Bonchev–Trinajstić information content (AvgIpc) is 2.80. The summed E-state index contributed by atoms with van der Waals surface area (Å²) in [5.41, 5.74) is 1.74. The van der Waals surface area contributed by atoms with Crippen LogP contribution < -0.4 is 15.4 Å². The maximum Gasteiger partial charge on any atom is 0.337 e. The van der Waals surface area contributed by atoms with Crippen molar-refractivity contribution in [3.63, 3.8) is 0 Å². The number of carbonyl (C=O) groups excluding carboxylic acids is 3. The number of hydrogen-bond acceptors (Lipinski definition) is 8. The first-order valence-corrected chi connectivity index (χ1v) is 10.7. The van der Waals surface area contributed by atoms with Gasteiger partial charge in [-0.2, -0.15) is 5.10 Å². The van der Waals surface area contributed by atoms with Gasteiger partial charge in [-0.05, 0) is 48.9 Å². The van der Waals surface area contributed by atoms with Gasteiger partial charge >= 0.3 is 5.97 Å². The van der Waals surface area contributed by atoms with Gasteiger partial charge in [0.2, 0.25) is 11.8 Å². The summed E-state index contributed by atoms with van der Waals surface area (Å²) in [6, 6.07) is 13.6. The molecule has 0 radical (unpaired) electrons. The average molecular weight is 455 g/mol. The van der Waals surface area contributed by atoms with Crippen LogP contribution in [0.15, 0.2) is 58.7 Å². The zero-order valence-corrected chi connectivity index (χ0v) is 18.3. The molecule has 1 heterocycles. The summed E-state index contributed by atoms with van der Waals surface area (Å²) in [5.74, 6) is -0.329. The Balaban J connectivity index is 1.60. The standard InChI is InChI=1S/C22H22N4O5S/c1-3-31-17-10-8-16(9-11-17)24-20(28)18-12-19(27)25-22(32-18)26-23-13-14-4-6-15(7-5-14)21(29)30-2/h4-11,13,18H,3,12H2,1-2H3,(H,24,28)(H,25,26,27)/b23-13+. The maximum atomic E-state index is 12.6. The molecule has 0 aromatic heterocycles. The lowest BCUT2D eigenvalue weighted by Crippen LogP contribution is -2.41. The van der Waals surface area contributed by atoms with E-state index >= 15 is 0 Å². The molecule has 2 aromatic rings. The molecule has 3 rings (SSSR count). The molecule has 0 bridgehead atoms. The second-order valence-corrected chi connectivity index (χ2v) is 7.76. The van der Waals surface area contributed by atoms with E-state index in [4.69, 9.17) is 4.74 Å². The third-order valence-electron chi connectivity index (χ3n) is 4.28. The molecule has 2 aromatic carbocycles. The number of anilines is 1. The molecule has 0 spiro atoms. The summed E-state index contributed by atoms with van der Waals surface area (Å²) in [5, 5.41) is 13.0. The van der Waals surface area contributed by atoms with Gasteiger partial charge in [0, 0.05) is 12.1 Å². The second kappa shape index (κ2) is 11.1. The Hall–Kier alpha value is -3.66. The number of thioether (sulfide) groups is 1. The van der Waals surface area contributed by atoms with Crippen LogP contribution in [0.3, 0.4) is 0 Å². The highest BCUT2D eigenvalue weighted by atomic mass is 32.2. The third-order valence-corrected chi connectivity index (χ3v) is 5.36. The Morgan fingerprint density at radius 2 is 1.91 bits per heavy atom. The molecule has 1 aliphatic rings. The van der Waals surface area contributed by atoms with Crippen LogP contribution in [0, 0.1) is 0 Å². The van der Waals surface area contributed by atoms with E-state index in [0.717, 1.165) is 11.8 Å². The Kier molecular flexibility index (Phi) is 7.98. The molecule has 1 fully saturated rings. The highest BCUT2D eigenvalue weighted by Crippen LogP contribution is 2.23. The van der Waals surface area contributed by atoms with E-state index in [1.807, 2.05) is 6.92 Å². The number of nitrogens with zero attached hydrogens (tertiary/aromatic N) is 2. The van der Waals surface area contributed by atoms with E-state index in [9.17, 15) is 14.4 Å². The van der Waals surface area contributed by atoms with Crippen LogP contribution in [0.25, 0.3) is 0 Å². The van der Waals surface area contributed by atoms with Crippen LogP contribution >= 0.6 is 11.8 Å². The van der Waals surface area contributed by atoms with Gasteiger partial charge in [-0.25, -0.2) is 4.79 Å². The number of amides is 2. The van der Waals surface area contributed by atoms with Crippen LogP contribution in [0.5, 0.6) is 5.75 Å². The van der Waals surface area contributed by atoms with Gasteiger partial charge in [-0.1, -0.05) is 23.9 Å². The van der Waals surface area contributed by atoms with Gasteiger partial charge in [0.25, 0.3) is 0 Å². The van der Waals surface area contributed by atoms with Crippen LogP contribution in [-0.4, -0.2) is 48.1 Å². The fourth-order valence-corrected chi connectivity index (χ4v) is 3.67. The van der Waals surface area contributed by atoms with Crippen LogP contribution in [-0.2, 0) is 14.3 Å². The summed E-state index contributed by atoms with van der Waals surface area (Å²) in [6.07, 6.45) is 1.51. The van der Waals surface area contributed by atoms with Crippen molar-refractivity contribution in [3.05, 3.63) is 59.7 Å². The van der Waals surface area contributed by atoms with Gasteiger partial charge in [0.1, 0.15) is 11.0 Å². The van der Waals surface area contributed by atoms with Gasteiger partial charge in [0.15, 0.2) is 5.17 Å². The molecule has 0 aliphatic carbocycles. The first-order valence-electron chi connectivity index (χ1n) is 9.78. The smallest absolute Gasteiger partial charge is 0.337 e. The molecule has 1 atom stereocenters. The molecule has 10 heteroatoms. The number of carbonyl (C=O) groups is 3. The summed E-state index contributed by atoms with van der Waals surface area (Å²) in [4.78, 5) is 36.1. The SMILES string of the molecule is CCOc1ccc(NC(=O)C2CC(=O)N/C(=N\N=C\c3ccc(C(=O)OC)cc3)S2)cc1. The number of methoxy groups -OCH3 is 1. The predicted molar refractivity (Wildman–Crippen MR) is 123 cm³/mol. The van der Waals surface area contributed by atoms with E-state index in [2.05, 4.69) is 25.6 Å². The van der Waals surface area contributed by atoms with Crippen molar-refractivity contribution in [2.24, 2.45) is 10.2 Å². The molecule has 1 unspecified atom stereocenters. The molecule has 1 saturated heterocycles. The van der Waals surface area contributed by atoms with E-state index in [1.165, 1.54) is 13.3 Å². The van der Waals surface area contributed by atoms with Gasteiger partial charge in [-0.15, -0.1) is 5.10 Å². The van der Waals surface area contributed by atoms with Gasteiger partial charge < -0.3 is 20.1 Å². The Morgan fingerprint density at radius 3 is 2.56 bits per heavy atom. The molecular formula is C22H22N4O5S. The van der Waals surface area contributed by atoms with E-state index in [1.54, 1.807) is 48.5 Å². The highest BCUT2D eigenvalue weighted by Gasteiger charge is 2.30. The van der Waals surface area contributed by atoms with Gasteiger partial charge in [0.05, 0.1) is 25.5 Å². The molecule has 166 valence electrons. The van der Waals surface area contributed by atoms with Crippen molar-refractivity contribution < 1.29 is 23.9 Å². The summed E-state index contributed by atoms with van der Waals surface area (Å²) >= 11 is 1.12. The second-order valence-electron chi connectivity index (χ2n) is 6.57. The van der Waals surface area contributed by atoms with Crippen molar-refractivity contribution in [2.75, 3.05) is 19.0 Å². The Morgan fingerprint density at radius 1 is 1.19 bits per heavy atom. The molecule has 2 N–H and O–H groups in total. The quantitative estimate of drug-likeness (QED) is 0.377. The number of nitrogens with one attached hydrogen (secondary N) is 2. The van der Waals surface area contributed by atoms with Crippen molar-refractivity contribution in [2.45, 2.75) is 18.6 Å². The van der Waals surface area contributed by atoms with E-state index in [0.29, 0.717) is 29.2 Å². The Bertz CT molecular complexity index is 1040. The summed E-state index contributed by atoms with van der Waals surface area (Å²) < 4.78 is 10.0. The summed E-state index contributed by atoms with van der Waals surface area (Å²) in [7, 11) is 1.32. The number of amidine groups is 1. The van der Waals surface area contributed by atoms with Crippen LogP contribution in [0.2, 0.25) is 0 Å². The predicted octanol–water partition coefficient (Wildman–Crippen LogP) is 2.82. The molecule has 32 heavy (non-hydrogen) atoms. The number of rotatable bonds is 7. The van der Waals surface area contributed by atoms with Gasteiger partial charge in [-0.3, -0.25) is 9.59 Å². The molecular weight excluding hydrogens is 432 g/mol. The summed E-state index contributed by atoms with van der Waals surface area (Å²) in [6.45, 7) is 2.45. The van der Waals surface area contributed by atoms with Crippen molar-refractivity contribution in [1.29, 1.82) is 0 Å². The topological polar surface area (TPSA) is 118 Å². The van der Waals surface area contributed by atoms with Crippen molar-refractivity contribution in [3.8, 4) is 5.75 Å². The highest BCUT2D eigenvalue weighted by molar-refractivity contribution is 8.15. The fraction of sp³-hybridized carbons (Fsp3) is 0.227. The van der Waals surface area contributed by atoms with Crippen molar-refractivity contribution in [1.82, 2.24) is 5.32 Å². The van der Waals surface area contributed by atoms with Crippen molar-refractivity contribution >= 4 is 46.6 Å². The monoisotopic (exact) mass is 454 g/mol. The first kappa shape index (κ1) is 23.0. The first-order chi connectivity index (χ1) is 15.5. The maximum absolute atomic E-state index is 12.6. The Labute approximate surface area is 189 Å². The van der Waals surface area contributed by atoms with Crippen LogP contribution in [0.4, 0.5) is 5.69 Å². The molecule has 9 nitrogen and oxygen atoms in total. The lowest BCUT2D eigenvalue weighted by atomic mass is 10.1. The van der Waals surface area contributed by atoms with E-state index < -0.39 is 11.2 Å². The number of benzene rings is 2. The molecule has 2 amide bonds. The fourth-order valence-electron chi connectivity index (χ4n) is 2.73. The number of hydrogen-bond donors (Lipinski definition) is 2. The third kappa shape index (κ3) is 6.42. The van der Waals surface area contributed by atoms with Crippen LogP contribution in [0.1, 0.15) is 29.3 Å². The minimum atomic E-state index is -0.636. The lowest BCUT2D eigenvalue weighted by molar-refractivity contribution is -0.123. The molecule has 1 aliphatic heterocycles.